The van der Waals surface area contributed by atoms with Crippen LogP contribution in [0.25, 0.3) is 0 Å². The van der Waals surface area contributed by atoms with Gasteiger partial charge >= 0.3 is 5.97 Å². The molecule has 0 saturated heterocycles. The molecule has 3 N–H and O–H groups in total. The van der Waals surface area contributed by atoms with Crippen molar-refractivity contribution in [2.45, 2.75) is 328 Å². The molecule has 0 aromatic heterocycles. The molecule has 6 nitrogen and oxygen atoms in total. The van der Waals surface area contributed by atoms with Crippen LogP contribution in [-0.2, 0) is 14.3 Å². The van der Waals surface area contributed by atoms with Gasteiger partial charge in [0.15, 0.2) is 0 Å². The first-order valence-electron chi connectivity index (χ1n) is 29.8. The monoisotopic (exact) mass is 942 g/mol. The lowest BCUT2D eigenvalue weighted by Gasteiger charge is -2.20. The van der Waals surface area contributed by atoms with Crippen molar-refractivity contribution in [2.24, 2.45) is 0 Å². The summed E-state index contributed by atoms with van der Waals surface area (Å²) in [6.07, 6.45) is 70.5. The Bertz CT molecular complexity index is 1090. The molecule has 0 radical (unpaired) electrons. The summed E-state index contributed by atoms with van der Waals surface area (Å²) in [7, 11) is 0. The summed E-state index contributed by atoms with van der Waals surface area (Å²) < 4.78 is 5.48. The molecule has 0 aliphatic rings. The highest BCUT2D eigenvalue weighted by Crippen LogP contribution is 2.17. The van der Waals surface area contributed by atoms with Crippen molar-refractivity contribution in [1.29, 1.82) is 0 Å². The van der Waals surface area contributed by atoms with Crippen LogP contribution < -0.4 is 5.32 Å². The molecule has 0 fully saturated rings. The zero-order valence-corrected chi connectivity index (χ0v) is 44.9. The Morgan fingerprint density at radius 2 is 0.746 bits per heavy atom. The third kappa shape index (κ3) is 53.3. The molecule has 0 spiro atoms. The summed E-state index contributed by atoms with van der Waals surface area (Å²) in [4.78, 5) is 24.4. The predicted octanol–water partition coefficient (Wildman–Crippen LogP) is 18.4. The molecular formula is C61H115NO5. The van der Waals surface area contributed by atoms with E-state index in [9.17, 15) is 19.8 Å². The van der Waals surface area contributed by atoms with Gasteiger partial charge in [-0.05, 0) is 64.2 Å². The summed E-state index contributed by atoms with van der Waals surface area (Å²) in [5.41, 5.74) is 0. The van der Waals surface area contributed by atoms with Gasteiger partial charge < -0.3 is 20.3 Å². The summed E-state index contributed by atoms with van der Waals surface area (Å²) >= 11 is 0. The van der Waals surface area contributed by atoms with E-state index in [1.54, 1.807) is 6.08 Å². The summed E-state index contributed by atoms with van der Waals surface area (Å²) in [6.45, 7) is 4.86. The maximum atomic E-state index is 12.4. The van der Waals surface area contributed by atoms with Crippen molar-refractivity contribution in [1.82, 2.24) is 5.32 Å². The molecule has 6 heteroatoms. The fourth-order valence-corrected chi connectivity index (χ4v) is 9.08. The Labute approximate surface area is 417 Å². The largest absolute Gasteiger partial charge is 0.466 e. The second kappa shape index (κ2) is 56.7. The van der Waals surface area contributed by atoms with Gasteiger partial charge in [-0.2, -0.15) is 0 Å². The van der Waals surface area contributed by atoms with Crippen molar-refractivity contribution >= 4 is 11.9 Å². The van der Waals surface area contributed by atoms with E-state index >= 15 is 0 Å². The van der Waals surface area contributed by atoms with Gasteiger partial charge in [0.05, 0.1) is 25.4 Å². The van der Waals surface area contributed by atoms with Crippen LogP contribution in [0, 0.1) is 0 Å². The van der Waals surface area contributed by atoms with Crippen LogP contribution in [0.4, 0.5) is 0 Å². The van der Waals surface area contributed by atoms with E-state index in [1.165, 1.54) is 238 Å². The molecule has 1 amide bonds. The van der Waals surface area contributed by atoms with Crippen LogP contribution in [0.15, 0.2) is 36.5 Å². The van der Waals surface area contributed by atoms with Gasteiger partial charge in [0, 0.05) is 12.8 Å². The van der Waals surface area contributed by atoms with E-state index < -0.39 is 12.1 Å². The van der Waals surface area contributed by atoms with Crippen molar-refractivity contribution in [3.63, 3.8) is 0 Å². The van der Waals surface area contributed by atoms with E-state index in [0.717, 1.165) is 51.4 Å². The molecule has 67 heavy (non-hydrogen) atoms. The Morgan fingerprint density at radius 3 is 1.15 bits per heavy atom. The third-order valence-corrected chi connectivity index (χ3v) is 13.7. The van der Waals surface area contributed by atoms with Crippen molar-refractivity contribution in [3.05, 3.63) is 36.5 Å². The van der Waals surface area contributed by atoms with Gasteiger partial charge in [-0.3, -0.25) is 9.59 Å². The topological polar surface area (TPSA) is 95.9 Å². The predicted molar refractivity (Wildman–Crippen MR) is 292 cm³/mol. The highest BCUT2D eigenvalue weighted by molar-refractivity contribution is 5.76. The average Bonchev–Trinajstić information content (AvgIpc) is 3.33. The van der Waals surface area contributed by atoms with Crippen LogP contribution in [0.3, 0.4) is 0 Å². The van der Waals surface area contributed by atoms with Crippen LogP contribution in [0.2, 0.25) is 0 Å². The van der Waals surface area contributed by atoms with Crippen LogP contribution in [0.5, 0.6) is 0 Å². The summed E-state index contributed by atoms with van der Waals surface area (Å²) in [6, 6.07) is -0.624. The lowest BCUT2D eigenvalue weighted by atomic mass is 10.0. The minimum Gasteiger partial charge on any atom is -0.466 e. The summed E-state index contributed by atoms with van der Waals surface area (Å²) in [5.74, 6) is -0.0668. The van der Waals surface area contributed by atoms with Gasteiger partial charge in [-0.1, -0.05) is 275 Å². The Hall–Kier alpha value is -1.92. The third-order valence-electron chi connectivity index (χ3n) is 13.7. The number of aliphatic hydroxyl groups excluding tert-OH is 2. The number of carbonyl (C=O) groups excluding carboxylic acids is 2. The van der Waals surface area contributed by atoms with Gasteiger partial charge in [0.2, 0.25) is 5.91 Å². The molecule has 0 aromatic carbocycles. The fourth-order valence-electron chi connectivity index (χ4n) is 9.08. The van der Waals surface area contributed by atoms with Crippen LogP contribution in [-0.4, -0.2) is 47.4 Å². The van der Waals surface area contributed by atoms with Crippen molar-refractivity contribution in [2.75, 3.05) is 13.2 Å². The molecule has 0 aromatic rings. The molecule has 394 valence electrons. The minimum absolute atomic E-state index is 0.00213. The van der Waals surface area contributed by atoms with Gasteiger partial charge in [0.25, 0.3) is 0 Å². The number of carbonyl (C=O) groups is 2. The molecule has 0 saturated carbocycles. The Morgan fingerprint density at radius 1 is 0.418 bits per heavy atom. The number of hydrogen-bond donors (Lipinski definition) is 3. The highest BCUT2D eigenvalue weighted by Gasteiger charge is 2.18. The van der Waals surface area contributed by atoms with Crippen LogP contribution in [0.1, 0.15) is 316 Å². The average molecular weight is 943 g/mol. The molecule has 0 aliphatic carbocycles. The first-order chi connectivity index (χ1) is 33.0. The number of unbranched alkanes of at least 4 members (excludes halogenated alkanes) is 40. The zero-order chi connectivity index (χ0) is 48.6. The lowest BCUT2D eigenvalue weighted by molar-refractivity contribution is -0.143. The molecule has 0 aliphatic heterocycles. The van der Waals surface area contributed by atoms with E-state index in [-0.39, 0.29) is 18.5 Å². The highest BCUT2D eigenvalue weighted by atomic mass is 16.5. The lowest BCUT2D eigenvalue weighted by Crippen LogP contribution is -2.45. The number of amides is 1. The van der Waals surface area contributed by atoms with E-state index in [0.29, 0.717) is 19.4 Å². The SMILES string of the molecule is CCCCCC/C=C\C/C=C\CCCCCCCC(=O)OCCCCCCCCCCCCCCCCCCCCCCCCCCCC(=O)NC(CO)C(O)/C=C/CCCCCCCCC. The first kappa shape index (κ1) is 65.1. The minimum atomic E-state index is -0.841. The maximum absolute atomic E-state index is 12.4. The Kier molecular flexibility index (Phi) is 55.0. The first-order valence-corrected chi connectivity index (χ1v) is 29.8. The molecular weight excluding hydrogens is 827 g/mol. The number of esters is 1. The number of allylic oxidation sites excluding steroid dienone is 5. The van der Waals surface area contributed by atoms with Crippen molar-refractivity contribution in [3.8, 4) is 0 Å². The smallest absolute Gasteiger partial charge is 0.305 e. The fraction of sp³-hybridized carbons (Fsp3) is 0.869. The normalized spacial score (nSPS) is 12.8. The zero-order valence-electron chi connectivity index (χ0n) is 44.9. The molecule has 0 heterocycles. The molecule has 2 atom stereocenters. The van der Waals surface area contributed by atoms with Gasteiger partial charge in [-0.15, -0.1) is 0 Å². The second-order valence-electron chi connectivity index (χ2n) is 20.3. The molecule has 0 bridgehead atoms. The van der Waals surface area contributed by atoms with Crippen LogP contribution >= 0.6 is 0 Å². The standard InChI is InChI=1S/C61H115NO5/c1-3-5-7-9-11-13-14-15-16-29-32-35-39-43-47-51-55-61(66)67-56-52-48-44-40-36-33-30-27-25-23-21-19-17-18-20-22-24-26-28-31-34-38-42-46-50-54-60(65)62-58(57-63)59(64)53-49-45-41-37-12-10-8-6-4-2/h13-14,16,29,49,53,58-59,63-64H,3-12,15,17-28,30-48,50-52,54-57H2,1-2H3,(H,62,65)/b14-13-,29-16-,53-49+. The molecule has 0 rings (SSSR count). The quantitative estimate of drug-likeness (QED) is 0.0321. The second-order valence-corrected chi connectivity index (χ2v) is 20.3. The number of hydrogen-bond acceptors (Lipinski definition) is 5. The number of rotatable bonds is 55. The number of nitrogens with one attached hydrogen (secondary N) is 1. The Balaban J connectivity index is 3.35. The van der Waals surface area contributed by atoms with E-state index in [1.807, 2.05) is 6.08 Å². The van der Waals surface area contributed by atoms with Crippen molar-refractivity contribution < 1.29 is 24.5 Å². The van der Waals surface area contributed by atoms with E-state index in [4.69, 9.17) is 4.74 Å². The van der Waals surface area contributed by atoms with E-state index in [2.05, 4.69) is 43.5 Å². The molecule has 2 unspecified atom stereocenters. The maximum Gasteiger partial charge on any atom is 0.305 e. The van der Waals surface area contributed by atoms with Gasteiger partial charge in [0.1, 0.15) is 0 Å². The summed E-state index contributed by atoms with van der Waals surface area (Å²) in [5, 5.41) is 22.9. The number of aliphatic hydroxyl groups is 2. The number of ether oxygens (including phenoxy) is 1. The van der Waals surface area contributed by atoms with Gasteiger partial charge in [-0.25, -0.2) is 0 Å².